The molecule has 0 aliphatic carbocycles. The van der Waals surface area contributed by atoms with Crippen LogP contribution < -0.4 is 0 Å². The van der Waals surface area contributed by atoms with Gasteiger partial charge in [-0.15, -0.1) is 0 Å². The lowest BCUT2D eigenvalue weighted by molar-refractivity contribution is 0.0761. The van der Waals surface area contributed by atoms with Crippen molar-refractivity contribution in [3.05, 3.63) is 17.5 Å². The Bertz CT molecular complexity index is 424. The SMILES string of the molecule is CCN(CC)C(=O)N(CC)C(=O)c1cc(C)on1. The Hall–Kier alpha value is -1.85. The Balaban J connectivity index is 2.89. The maximum absolute atomic E-state index is 12.1. The van der Waals surface area contributed by atoms with Gasteiger partial charge in [-0.05, 0) is 27.7 Å². The van der Waals surface area contributed by atoms with Crippen LogP contribution in [0.5, 0.6) is 0 Å². The highest BCUT2D eigenvalue weighted by Gasteiger charge is 2.26. The lowest BCUT2D eigenvalue weighted by Gasteiger charge is -2.26. The standard InChI is InChI=1S/C12H19N3O3/c1-5-14(6-2)12(17)15(7-3)11(16)10-8-9(4)18-13-10/h8H,5-7H2,1-4H3. The van der Waals surface area contributed by atoms with Gasteiger partial charge in [-0.3, -0.25) is 9.69 Å². The van der Waals surface area contributed by atoms with Crippen LogP contribution in [-0.2, 0) is 0 Å². The zero-order chi connectivity index (χ0) is 13.7. The third-order valence-electron chi connectivity index (χ3n) is 2.67. The van der Waals surface area contributed by atoms with Crippen molar-refractivity contribution in [3.8, 4) is 0 Å². The molecule has 0 aliphatic rings. The quantitative estimate of drug-likeness (QED) is 0.822. The molecule has 1 aromatic rings. The van der Waals surface area contributed by atoms with Gasteiger partial charge < -0.3 is 9.42 Å². The van der Waals surface area contributed by atoms with Crippen molar-refractivity contribution in [1.29, 1.82) is 0 Å². The van der Waals surface area contributed by atoms with Crippen LogP contribution in [0.15, 0.2) is 10.6 Å². The maximum Gasteiger partial charge on any atom is 0.326 e. The van der Waals surface area contributed by atoms with E-state index in [0.29, 0.717) is 25.4 Å². The summed E-state index contributed by atoms with van der Waals surface area (Å²) in [5.74, 6) is 0.121. The van der Waals surface area contributed by atoms with Gasteiger partial charge in [-0.2, -0.15) is 0 Å². The lowest BCUT2D eigenvalue weighted by Crippen LogP contribution is -2.46. The van der Waals surface area contributed by atoms with Gasteiger partial charge in [-0.1, -0.05) is 5.16 Å². The molecule has 18 heavy (non-hydrogen) atoms. The smallest absolute Gasteiger partial charge is 0.326 e. The van der Waals surface area contributed by atoms with E-state index in [1.807, 2.05) is 13.8 Å². The van der Waals surface area contributed by atoms with E-state index in [-0.39, 0.29) is 11.7 Å². The van der Waals surface area contributed by atoms with E-state index in [1.165, 1.54) is 11.0 Å². The molecule has 0 saturated carbocycles. The molecule has 0 aliphatic heterocycles. The molecule has 0 bridgehead atoms. The van der Waals surface area contributed by atoms with E-state index in [2.05, 4.69) is 5.16 Å². The number of aryl methyl sites for hydroxylation is 1. The van der Waals surface area contributed by atoms with Crippen molar-refractivity contribution in [1.82, 2.24) is 15.0 Å². The third-order valence-corrected chi connectivity index (χ3v) is 2.67. The molecule has 0 spiro atoms. The highest BCUT2D eigenvalue weighted by Crippen LogP contribution is 2.08. The minimum atomic E-state index is -0.425. The monoisotopic (exact) mass is 253 g/mol. The molecular formula is C12H19N3O3. The van der Waals surface area contributed by atoms with Gasteiger partial charge in [0.25, 0.3) is 5.91 Å². The average Bonchev–Trinajstić information content (AvgIpc) is 2.78. The normalized spacial score (nSPS) is 10.2. The zero-order valence-corrected chi connectivity index (χ0v) is 11.3. The fourth-order valence-electron chi connectivity index (χ4n) is 1.64. The Labute approximate surface area is 107 Å². The number of nitrogens with zero attached hydrogens (tertiary/aromatic N) is 3. The topological polar surface area (TPSA) is 66.7 Å². The predicted molar refractivity (Wildman–Crippen MR) is 66.3 cm³/mol. The van der Waals surface area contributed by atoms with Crippen LogP contribution in [-0.4, -0.2) is 46.5 Å². The third kappa shape index (κ3) is 2.88. The Morgan fingerprint density at radius 2 is 1.83 bits per heavy atom. The molecule has 3 amide bonds. The maximum atomic E-state index is 12.1. The van der Waals surface area contributed by atoms with Crippen molar-refractivity contribution >= 4 is 11.9 Å². The van der Waals surface area contributed by atoms with Crippen LogP contribution in [0, 0.1) is 6.92 Å². The number of carbonyl (C=O) groups is 2. The Morgan fingerprint density at radius 1 is 1.22 bits per heavy atom. The van der Waals surface area contributed by atoms with E-state index < -0.39 is 5.91 Å². The van der Waals surface area contributed by atoms with Crippen LogP contribution in [0.2, 0.25) is 0 Å². The van der Waals surface area contributed by atoms with Crippen molar-refractivity contribution in [2.75, 3.05) is 19.6 Å². The number of imide groups is 1. The fraction of sp³-hybridized carbons (Fsp3) is 0.583. The molecule has 0 saturated heterocycles. The molecule has 0 N–H and O–H groups in total. The second-order valence-electron chi connectivity index (χ2n) is 3.83. The molecule has 6 nitrogen and oxygen atoms in total. The van der Waals surface area contributed by atoms with Crippen LogP contribution in [0.1, 0.15) is 37.0 Å². The van der Waals surface area contributed by atoms with Gasteiger partial charge in [0.15, 0.2) is 5.69 Å². The number of aromatic nitrogens is 1. The van der Waals surface area contributed by atoms with E-state index >= 15 is 0 Å². The molecule has 1 rings (SSSR count). The molecule has 6 heteroatoms. The summed E-state index contributed by atoms with van der Waals surface area (Å²) in [6.45, 7) is 8.65. The van der Waals surface area contributed by atoms with E-state index in [4.69, 9.17) is 4.52 Å². The van der Waals surface area contributed by atoms with Crippen molar-refractivity contribution in [2.24, 2.45) is 0 Å². The number of urea groups is 1. The summed E-state index contributed by atoms with van der Waals surface area (Å²) in [5.41, 5.74) is 0.162. The highest BCUT2D eigenvalue weighted by molar-refractivity contribution is 6.03. The first kappa shape index (κ1) is 14.2. The fourth-order valence-corrected chi connectivity index (χ4v) is 1.64. The van der Waals surface area contributed by atoms with Gasteiger partial charge in [-0.25, -0.2) is 4.79 Å². The summed E-state index contributed by atoms with van der Waals surface area (Å²) in [6.07, 6.45) is 0. The van der Waals surface area contributed by atoms with Gasteiger partial charge in [0.05, 0.1) is 0 Å². The van der Waals surface area contributed by atoms with Crippen LogP contribution in [0.25, 0.3) is 0 Å². The van der Waals surface area contributed by atoms with E-state index in [9.17, 15) is 9.59 Å². The van der Waals surface area contributed by atoms with Crippen LogP contribution >= 0.6 is 0 Å². The van der Waals surface area contributed by atoms with Gasteiger partial charge in [0, 0.05) is 25.7 Å². The second kappa shape index (κ2) is 6.18. The first-order valence-electron chi connectivity index (χ1n) is 6.09. The Kier molecular flexibility index (Phi) is 4.88. The van der Waals surface area contributed by atoms with Crippen molar-refractivity contribution in [2.45, 2.75) is 27.7 Å². The van der Waals surface area contributed by atoms with Crippen molar-refractivity contribution < 1.29 is 14.1 Å². The molecule has 1 aromatic heterocycles. The molecular weight excluding hydrogens is 234 g/mol. The molecule has 0 unspecified atom stereocenters. The number of hydrogen-bond acceptors (Lipinski definition) is 4. The largest absolute Gasteiger partial charge is 0.361 e. The number of amides is 3. The molecule has 0 aromatic carbocycles. The van der Waals surface area contributed by atoms with Gasteiger partial charge >= 0.3 is 6.03 Å². The van der Waals surface area contributed by atoms with E-state index in [0.717, 1.165) is 0 Å². The summed E-state index contributed by atoms with van der Waals surface area (Å²) < 4.78 is 4.85. The first-order valence-corrected chi connectivity index (χ1v) is 6.09. The molecule has 100 valence electrons. The lowest BCUT2D eigenvalue weighted by atomic mass is 10.3. The Morgan fingerprint density at radius 3 is 2.22 bits per heavy atom. The van der Waals surface area contributed by atoms with Crippen LogP contribution in [0.4, 0.5) is 4.79 Å². The van der Waals surface area contributed by atoms with Gasteiger partial charge in [0.2, 0.25) is 0 Å². The minimum Gasteiger partial charge on any atom is -0.361 e. The number of rotatable bonds is 4. The summed E-state index contributed by atoms with van der Waals surface area (Å²) in [4.78, 5) is 27.0. The van der Waals surface area contributed by atoms with Crippen LogP contribution in [0.3, 0.4) is 0 Å². The molecule has 1 heterocycles. The zero-order valence-electron chi connectivity index (χ0n) is 11.3. The number of hydrogen-bond donors (Lipinski definition) is 0. The number of carbonyl (C=O) groups excluding carboxylic acids is 2. The molecule has 0 fully saturated rings. The molecule has 0 radical (unpaired) electrons. The summed E-state index contributed by atoms with van der Waals surface area (Å²) in [6, 6.07) is 1.23. The molecule has 0 atom stereocenters. The van der Waals surface area contributed by atoms with Crippen molar-refractivity contribution in [3.63, 3.8) is 0 Å². The van der Waals surface area contributed by atoms with Gasteiger partial charge in [0.1, 0.15) is 5.76 Å². The van der Waals surface area contributed by atoms with E-state index in [1.54, 1.807) is 18.7 Å². The minimum absolute atomic E-state index is 0.162. The summed E-state index contributed by atoms with van der Waals surface area (Å²) >= 11 is 0. The average molecular weight is 253 g/mol. The summed E-state index contributed by atoms with van der Waals surface area (Å²) in [5, 5.41) is 3.64. The second-order valence-corrected chi connectivity index (χ2v) is 3.83. The summed E-state index contributed by atoms with van der Waals surface area (Å²) in [7, 11) is 0. The first-order chi connectivity index (χ1) is 8.54. The predicted octanol–water partition coefficient (Wildman–Crippen LogP) is 1.91. The highest BCUT2D eigenvalue weighted by atomic mass is 16.5.